The van der Waals surface area contributed by atoms with Crippen LogP contribution in [0.1, 0.15) is 11.1 Å². The van der Waals surface area contributed by atoms with Gasteiger partial charge in [-0.3, -0.25) is 0 Å². The van der Waals surface area contributed by atoms with E-state index in [4.69, 9.17) is 0 Å². The van der Waals surface area contributed by atoms with Crippen molar-refractivity contribution in [3.63, 3.8) is 0 Å². The molecule has 1 aliphatic carbocycles. The van der Waals surface area contributed by atoms with E-state index in [-0.39, 0.29) is 0 Å². The van der Waals surface area contributed by atoms with Crippen LogP contribution in [0.4, 0.5) is 0 Å². The van der Waals surface area contributed by atoms with Gasteiger partial charge in [0.1, 0.15) is 0 Å². The van der Waals surface area contributed by atoms with Gasteiger partial charge in [-0.05, 0) is 6.42 Å². The summed E-state index contributed by atoms with van der Waals surface area (Å²) >= 11 is 1.27. The molecule has 3 aromatic rings. The SMILES string of the molecule is C[Si](C)=[ZrH2].[c-]1cccc2c1Cc1ccccc1-2.c1cc[cH-]c1. The van der Waals surface area contributed by atoms with Crippen molar-refractivity contribution < 1.29 is 23.3 Å². The average Bonchev–Trinajstić information content (AvgIpc) is 3.18. The van der Waals surface area contributed by atoms with Crippen LogP contribution in [-0.4, -0.2) is 5.43 Å². The molecule has 0 unspecified atom stereocenters. The quantitative estimate of drug-likeness (QED) is 0.306. The van der Waals surface area contributed by atoms with E-state index in [1.54, 1.807) is 0 Å². The monoisotopic (exact) mass is 380 g/mol. The van der Waals surface area contributed by atoms with E-state index in [0.717, 1.165) is 6.42 Å². The molecular weight excluding hydrogens is 360 g/mol. The first-order chi connectivity index (χ1) is 10.7. The zero-order chi connectivity index (χ0) is 15.8. The molecule has 0 aliphatic heterocycles. The van der Waals surface area contributed by atoms with Gasteiger partial charge in [0.05, 0.1) is 0 Å². The zero-order valence-corrected chi connectivity index (χ0v) is 17.8. The molecule has 22 heavy (non-hydrogen) atoms. The Balaban J connectivity index is 0.000000163. The molecule has 0 atom stereocenters. The molecule has 0 radical (unpaired) electrons. The predicted molar refractivity (Wildman–Crippen MR) is 95.8 cm³/mol. The molecule has 0 fully saturated rings. The van der Waals surface area contributed by atoms with Crippen molar-refractivity contribution in [2.24, 2.45) is 0 Å². The Bertz CT molecular complexity index is 649. The van der Waals surface area contributed by atoms with Crippen molar-refractivity contribution in [2.75, 3.05) is 0 Å². The maximum absolute atomic E-state index is 3.30. The van der Waals surface area contributed by atoms with E-state index < -0.39 is 0 Å². The third-order valence-electron chi connectivity index (χ3n) is 3.17. The van der Waals surface area contributed by atoms with Gasteiger partial charge in [-0.15, -0.1) is 5.56 Å². The van der Waals surface area contributed by atoms with E-state index in [1.807, 2.05) is 36.4 Å². The predicted octanol–water partition coefficient (Wildman–Crippen LogP) is 4.71. The van der Waals surface area contributed by atoms with Crippen LogP contribution in [0.25, 0.3) is 11.1 Å². The van der Waals surface area contributed by atoms with Gasteiger partial charge >= 0.3 is 41.9 Å². The Morgan fingerprint density at radius 1 is 0.955 bits per heavy atom. The van der Waals surface area contributed by atoms with Gasteiger partial charge in [0.2, 0.25) is 0 Å². The van der Waals surface area contributed by atoms with Crippen molar-refractivity contribution in [1.29, 1.82) is 0 Å². The van der Waals surface area contributed by atoms with Crippen LogP contribution in [0.3, 0.4) is 0 Å². The summed E-state index contributed by atoms with van der Waals surface area (Å²) in [4.78, 5) is 0. The number of fused-ring (bicyclic) bond motifs is 3. The van der Waals surface area contributed by atoms with E-state index in [1.165, 1.54) is 45.6 Å². The molecular formula is C20H22SiZr-2. The van der Waals surface area contributed by atoms with Crippen molar-refractivity contribution in [3.05, 3.63) is 90.0 Å². The minimum Gasteiger partial charge on any atom is -0.214 e. The fourth-order valence-corrected chi connectivity index (χ4v) is 2.32. The molecule has 0 saturated carbocycles. The van der Waals surface area contributed by atoms with Crippen LogP contribution in [0.5, 0.6) is 0 Å². The van der Waals surface area contributed by atoms with Gasteiger partial charge in [-0.2, -0.15) is 48.0 Å². The van der Waals surface area contributed by atoms with E-state index in [0.29, 0.717) is 5.43 Å². The number of benzene rings is 2. The third-order valence-corrected chi connectivity index (χ3v) is 3.17. The smallest absolute Gasteiger partial charge is 0.0253 e. The minimum atomic E-state index is 0.290. The van der Waals surface area contributed by atoms with Gasteiger partial charge in [-0.25, -0.2) is 12.1 Å². The van der Waals surface area contributed by atoms with Crippen molar-refractivity contribution in [2.45, 2.75) is 19.5 Å². The van der Waals surface area contributed by atoms with Crippen molar-refractivity contribution in [3.8, 4) is 11.1 Å². The molecule has 0 aromatic heterocycles. The summed E-state index contributed by atoms with van der Waals surface area (Å²) in [5, 5.41) is 0. The number of hydrogen-bond donors (Lipinski definition) is 0. The summed E-state index contributed by atoms with van der Waals surface area (Å²) in [6.07, 6.45) is 1.05. The zero-order valence-electron chi connectivity index (χ0n) is 13.3. The first-order valence-electron chi connectivity index (χ1n) is 7.55. The average molecular weight is 382 g/mol. The van der Waals surface area contributed by atoms with Crippen LogP contribution in [0, 0.1) is 6.07 Å². The summed E-state index contributed by atoms with van der Waals surface area (Å²) in [5.41, 5.74) is 5.80. The van der Waals surface area contributed by atoms with Gasteiger partial charge in [0, 0.05) is 0 Å². The summed E-state index contributed by atoms with van der Waals surface area (Å²) in [6, 6.07) is 28.1. The van der Waals surface area contributed by atoms with Gasteiger partial charge in [0.15, 0.2) is 0 Å². The Morgan fingerprint density at radius 2 is 1.59 bits per heavy atom. The fraction of sp³-hybridized carbons (Fsp3) is 0.150. The number of hydrogen-bond acceptors (Lipinski definition) is 0. The van der Waals surface area contributed by atoms with E-state index in [2.05, 4.69) is 55.6 Å². The molecule has 0 saturated heterocycles. The first kappa shape index (κ1) is 17.2. The Labute approximate surface area is 149 Å². The Hall–Kier alpha value is -1.11. The number of rotatable bonds is 0. The fourth-order valence-electron chi connectivity index (χ4n) is 2.32. The van der Waals surface area contributed by atoms with Crippen LogP contribution in [0.2, 0.25) is 13.1 Å². The summed E-state index contributed by atoms with van der Waals surface area (Å²) in [5.74, 6) is 0. The van der Waals surface area contributed by atoms with Gasteiger partial charge in [0.25, 0.3) is 0 Å². The Kier molecular flexibility index (Phi) is 7.15. The van der Waals surface area contributed by atoms with Gasteiger partial charge in [-0.1, -0.05) is 35.4 Å². The third kappa shape index (κ3) is 5.26. The molecule has 4 rings (SSSR count). The molecule has 0 nitrogen and oxygen atoms in total. The first-order valence-corrected chi connectivity index (χ1v) is 15.5. The standard InChI is InChI=1S/C13H9.C5H5.C2H6Si.Zr.2H/c1-3-7-12-10(5-1)9-11-6-2-4-8-13(11)12;1-2-4-5-3-1;1-3-2;;;/h1-5,7-8H,9H2;1-5H;1-2H3;;;/q2*-1;;;;. The molecule has 0 spiro atoms. The summed E-state index contributed by atoms with van der Waals surface area (Å²) < 4.78 is 0. The van der Waals surface area contributed by atoms with Crippen molar-refractivity contribution >= 4 is 5.43 Å². The summed E-state index contributed by atoms with van der Waals surface area (Å²) in [7, 11) is 0. The van der Waals surface area contributed by atoms with Crippen LogP contribution >= 0.6 is 0 Å². The molecule has 112 valence electrons. The van der Waals surface area contributed by atoms with E-state index in [9.17, 15) is 0 Å². The molecule has 0 bridgehead atoms. The molecule has 1 aliphatic rings. The van der Waals surface area contributed by atoms with Crippen LogP contribution in [0.15, 0.2) is 72.8 Å². The molecule has 0 amide bonds. The molecule has 0 heterocycles. The maximum atomic E-state index is 3.30. The second kappa shape index (κ2) is 9.12. The van der Waals surface area contributed by atoms with Crippen molar-refractivity contribution in [1.82, 2.24) is 0 Å². The molecule has 0 N–H and O–H groups in total. The minimum absolute atomic E-state index is 0.290. The largest absolute Gasteiger partial charge is 0.214 e. The topological polar surface area (TPSA) is 0 Å². The Morgan fingerprint density at radius 3 is 2.23 bits per heavy atom. The normalized spacial score (nSPS) is 10.3. The second-order valence-electron chi connectivity index (χ2n) is 5.57. The molecule has 3 aromatic carbocycles. The van der Waals surface area contributed by atoms with E-state index >= 15 is 0 Å². The van der Waals surface area contributed by atoms with Crippen LogP contribution in [-0.2, 0) is 29.8 Å². The molecule has 2 heteroatoms. The van der Waals surface area contributed by atoms with Gasteiger partial charge < -0.3 is 0 Å². The maximum Gasteiger partial charge on any atom is -0.0253 e. The van der Waals surface area contributed by atoms with Crippen LogP contribution < -0.4 is 0 Å². The summed E-state index contributed by atoms with van der Waals surface area (Å²) in [6.45, 7) is 4.69. The second-order valence-corrected chi connectivity index (χ2v) is 18.4.